The van der Waals surface area contributed by atoms with E-state index in [2.05, 4.69) is 25.3 Å². The van der Waals surface area contributed by atoms with Crippen molar-refractivity contribution in [3.05, 3.63) is 6.20 Å². The van der Waals surface area contributed by atoms with Crippen LogP contribution in [-0.2, 0) is 11.8 Å². The summed E-state index contributed by atoms with van der Waals surface area (Å²) in [5.41, 5.74) is 0.854. The van der Waals surface area contributed by atoms with E-state index < -0.39 is 0 Å². The predicted molar refractivity (Wildman–Crippen MR) is 73.5 cm³/mol. The standard InChI is InChI=1S/C12H18N6O/c1-3-13-12-15-10-9(8-14-17(10)2)11(16-12)18-4-6-19-7-5-18/h8H,3-7H2,1-2H3,(H,13,15,16). The molecule has 0 amide bonds. The highest BCUT2D eigenvalue weighted by Crippen LogP contribution is 2.25. The van der Waals surface area contributed by atoms with Crippen LogP contribution in [0.15, 0.2) is 6.20 Å². The smallest absolute Gasteiger partial charge is 0.226 e. The van der Waals surface area contributed by atoms with Crippen LogP contribution in [0.5, 0.6) is 0 Å². The van der Waals surface area contributed by atoms with Gasteiger partial charge >= 0.3 is 0 Å². The van der Waals surface area contributed by atoms with Crippen molar-refractivity contribution in [3.8, 4) is 0 Å². The van der Waals surface area contributed by atoms with Gasteiger partial charge in [-0.1, -0.05) is 0 Å². The average molecular weight is 262 g/mol. The first-order valence-corrected chi connectivity index (χ1v) is 6.56. The minimum Gasteiger partial charge on any atom is -0.378 e. The van der Waals surface area contributed by atoms with E-state index in [0.717, 1.165) is 49.7 Å². The number of rotatable bonds is 3. The lowest BCUT2D eigenvalue weighted by Crippen LogP contribution is -2.37. The number of nitrogens with zero attached hydrogens (tertiary/aromatic N) is 5. The molecule has 2 aromatic rings. The molecule has 7 nitrogen and oxygen atoms in total. The van der Waals surface area contributed by atoms with E-state index in [9.17, 15) is 0 Å². The lowest BCUT2D eigenvalue weighted by molar-refractivity contribution is 0.122. The van der Waals surface area contributed by atoms with E-state index >= 15 is 0 Å². The summed E-state index contributed by atoms with van der Waals surface area (Å²) in [6.45, 7) is 6.01. The topological polar surface area (TPSA) is 68.1 Å². The van der Waals surface area contributed by atoms with Gasteiger partial charge in [0, 0.05) is 26.7 Å². The second kappa shape index (κ2) is 5.00. The molecule has 0 saturated carbocycles. The maximum absolute atomic E-state index is 5.39. The Morgan fingerprint density at radius 2 is 2.11 bits per heavy atom. The highest BCUT2D eigenvalue weighted by atomic mass is 16.5. The van der Waals surface area contributed by atoms with E-state index in [1.807, 2.05) is 20.2 Å². The van der Waals surface area contributed by atoms with Crippen molar-refractivity contribution in [2.75, 3.05) is 43.1 Å². The van der Waals surface area contributed by atoms with Gasteiger partial charge in [-0.2, -0.15) is 15.1 Å². The van der Waals surface area contributed by atoms with Crippen molar-refractivity contribution in [2.45, 2.75) is 6.92 Å². The molecule has 2 aromatic heterocycles. The third-order valence-electron chi connectivity index (χ3n) is 3.22. The lowest BCUT2D eigenvalue weighted by atomic mass is 10.3. The van der Waals surface area contributed by atoms with Crippen LogP contribution in [0.25, 0.3) is 11.0 Å². The molecule has 0 aliphatic carbocycles. The molecule has 3 heterocycles. The SMILES string of the molecule is CCNc1nc(N2CCOCC2)c2cnn(C)c2n1. The van der Waals surface area contributed by atoms with E-state index in [4.69, 9.17) is 4.74 Å². The first kappa shape index (κ1) is 12.2. The molecule has 0 unspecified atom stereocenters. The van der Waals surface area contributed by atoms with Gasteiger partial charge in [-0.05, 0) is 6.92 Å². The molecule has 1 saturated heterocycles. The normalized spacial score (nSPS) is 16.0. The van der Waals surface area contributed by atoms with Crippen molar-refractivity contribution in [1.82, 2.24) is 19.7 Å². The molecule has 1 fully saturated rings. The van der Waals surface area contributed by atoms with Gasteiger partial charge in [0.1, 0.15) is 5.82 Å². The first-order chi connectivity index (χ1) is 9.29. The zero-order chi connectivity index (χ0) is 13.2. The fraction of sp³-hybridized carbons (Fsp3) is 0.583. The monoisotopic (exact) mass is 262 g/mol. The van der Waals surface area contributed by atoms with Gasteiger partial charge in [-0.15, -0.1) is 0 Å². The Hall–Kier alpha value is -1.89. The molecule has 1 N–H and O–H groups in total. The Labute approximate surface area is 111 Å². The van der Waals surface area contributed by atoms with Crippen LogP contribution in [-0.4, -0.2) is 52.6 Å². The fourth-order valence-electron chi connectivity index (χ4n) is 2.26. The van der Waals surface area contributed by atoms with E-state index in [1.165, 1.54) is 0 Å². The molecule has 7 heteroatoms. The number of fused-ring (bicyclic) bond motifs is 1. The molecule has 0 radical (unpaired) electrons. The zero-order valence-electron chi connectivity index (χ0n) is 11.3. The van der Waals surface area contributed by atoms with Crippen molar-refractivity contribution < 1.29 is 4.74 Å². The van der Waals surface area contributed by atoms with Crippen LogP contribution in [0, 0.1) is 0 Å². The molecule has 0 spiro atoms. The van der Waals surface area contributed by atoms with Gasteiger partial charge in [-0.25, -0.2) is 0 Å². The van der Waals surface area contributed by atoms with Crippen LogP contribution in [0.3, 0.4) is 0 Å². The summed E-state index contributed by atoms with van der Waals surface area (Å²) in [5, 5.41) is 8.45. The number of morpholine rings is 1. The Morgan fingerprint density at radius 3 is 2.84 bits per heavy atom. The van der Waals surface area contributed by atoms with E-state index in [1.54, 1.807) is 4.68 Å². The molecule has 19 heavy (non-hydrogen) atoms. The molecule has 1 aliphatic rings. The van der Waals surface area contributed by atoms with Gasteiger partial charge in [0.15, 0.2) is 5.65 Å². The van der Waals surface area contributed by atoms with E-state index in [0.29, 0.717) is 5.95 Å². The summed E-state index contributed by atoms with van der Waals surface area (Å²) in [5.74, 6) is 1.59. The molecule has 102 valence electrons. The number of hydrogen-bond acceptors (Lipinski definition) is 6. The zero-order valence-corrected chi connectivity index (χ0v) is 11.3. The molecule has 0 aromatic carbocycles. The number of ether oxygens (including phenoxy) is 1. The van der Waals surface area contributed by atoms with Crippen molar-refractivity contribution >= 4 is 22.8 Å². The van der Waals surface area contributed by atoms with Gasteiger partial charge in [0.2, 0.25) is 5.95 Å². The van der Waals surface area contributed by atoms with E-state index in [-0.39, 0.29) is 0 Å². The molecule has 0 bridgehead atoms. The first-order valence-electron chi connectivity index (χ1n) is 6.56. The minimum absolute atomic E-state index is 0.653. The molecule has 3 rings (SSSR count). The maximum Gasteiger partial charge on any atom is 0.226 e. The summed E-state index contributed by atoms with van der Waals surface area (Å²) in [7, 11) is 1.90. The van der Waals surface area contributed by atoms with Crippen LogP contribution < -0.4 is 10.2 Å². The minimum atomic E-state index is 0.653. The molecule has 1 aliphatic heterocycles. The van der Waals surface area contributed by atoms with Gasteiger partial charge in [0.05, 0.1) is 24.8 Å². The third-order valence-corrected chi connectivity index (χ3v) is 3.22. The predicted octanol–water partition coefficient (Wildman–Crippen LogP) is 0.632. The number of anilines is 2. The van der Waals surface area contributed by atoms with Crippen LogP contribution >= 0.6 is 0 Å². The lowest BCUT2D eigenvalue weighted by Gasteiger charge is -2.28. The van der Waals surface area contributed by atoms with Crippen LogP contribution in [0.4, 0.5) is 11.8 Å². The second-order valence-corrected chi connectivity index (χ2v) is 4.51. The number of nitrogens with one attached hydrogen (secondary N) is 1. The van der Waals surface area contributed by atoms with Crippen molar-refractivity contribution in [3.63, 3.8) is 0 Å². The van der Waals surface area contributed by atoms with Crippen LogP contribution in [0.2, 0.25) is 0 Å². The van der Waals surface area contributed by atoms with Gasteiger partial charge < -0.3 is 15.0 Å². The Kier molecular flexibility index (Phi) is 3.20. The highest BCUT2D eigenvalue weighted by Gasteiger charge is 2.19. The summed E-state index contributed by atoms with van der Waals surface area (Å²) in [6.07, 6.45) is 1.83. The highest BCUT2D eigenvalue weighted by molar-refractivity contribution is 5.88. The third kappa shape index (κ3) is 2.21. The van der Waals surface area contributed by atoms with Gasteiger partial charge in [0.25, 0.3) is 0 Å². The Morgan fingerprint density at radius 1 is 1.32 bits per heavy atom. The van der Waals surface area contributed by atoms with Gasteiger partial charge in [-0.3, -0.25) is 4.68 Å². The van der Waals surface area contributed by atoms with Crippen molar-refractivity contribution in [2.24, 2.45) is 7.05 Å². The quantitative estimate of drug-likeness (QED) is 0.875. The largest absolute Gasteiger partial charge is 0.378 e. The Bertz CT molecular complexity index is 575. The fourth-order valence-corrected chi connectivity index (χ4v) is 2.26. The summed E-state index contributed by atoms with van der Waals surface area (Å²) < 4.78 is 7.17. The Balaban J connectivity index is 2.09. The van der Waals surface area contributed by atoms with Crippen LogP contribution in [0.1, 0.15) is 6.92 Å². The van der Waals surface area contributed by atoms with Crippen molar-refractivity contribution in [1.29, 1.82) is 0 Å². The summed E-state index contributed by atoms with van der Waals surface area (Å²) in [4.78, 5) is 11.4. The maximum atomic E-state index is 5.39. The number of aryl methyl sites for hydroxylation is 1. The number of aromatic nitrogens is 4. The summed E-state index contributed by atoms with van der Waals surface area (Å²) >= 11 is 0. The average Bonchev–Trinajstić information content (AvgIpc) is 2.81. The molecular weight excluding hydrogens is 244 g/mol. The second-order valence-electron chi connectivity index (χ2n) is 4.51. The number of hydrogen-bond donors (Lipinski definition) is 1. The molecular formula is C12H18N6O. The summed E-state index contributed by atoms with van der Waals surface area (Å²) in [6, 6.07) is 0. The molecule has 0 atom stereocenters.